The lowest BCUT2D eigenvalue weighted by Crippen LogP contribution is -2.45. The number of hydrogen-bond acceptors (Lipinski definition) is 6. The van der Waals surface area contributed by atoms with E-state index in [1.165, 1.54) is 11.3 Å². The van der Waals surface area contributed by atoms with E-state index in [0.29, 0.717) is 24.8 Å². The SMILES string of the molecule is Cc1nnc(NC(=O)N2CCCC(CNS(C)(=O)=O)C2)s1. The van der Waals surface area contributed by atoms with Gasteiger partial charge in [0.15, 0.2) is 0 Å². The van der Waals surface area contributed by atoms with Crippen molar-refractivity contribution in [3.8, 4) is 0 Å². The Morgan fingerprint density at radius 1 is 1.48 bits per heavy atom. The van der Waals surface area contributed by atoms with Gasteiger partial charge in [-0.05, 0) is 25.7 Å². The van der Waals surface area contributed by atoms with Crippen LogP contribution < -0.4 is 10.0 Å². The smallest absolute Gasteiger partial charge is 0.323 e. The quantitative estimate of drug-likeness (QED) is 0.841. The zero-order valence-electron chi connectivity index (χ0n) is 12.0. The van der Waals surface area contributed by atoms with Crippen LogP contribution in [-0.2, 0) is 10.0 Å². The molecule has 1 atom stereocenters. The third kappa shape index (κ3) is 5.21. The van der Waals surface area contributed by atoms with E-state index in [1.54, 1.807) is 4.90 Å². The number of aromatic nitrogens is 2. The fourth-order valence-corrected chi connectivity index (χ4v) is 3.32. The van der Waals surface area contributed by atoms with Gasteiger partial charge in [0.1, 0.15) is 5.01 Å². The van der Waals surface area contributed by atoms with Gasteiger partial charge in [0.05, 0.1) is 6.26 Å². The van der Waals surface area contributed by atoms with Crippen LogP contribution in [0.3, 0.4) is 0 Å². The number of carbonyl (C=O) groups is 1. The molecule has 1 aliphatic heterocycles. The Morgan fingerprint density at radius 3 is 2.86 bits per heavy atom. The van der Waals surface area contributed by atoms with Crippen molar-refractivity contribution >= 4 is 32.5 Å². The summed E-state index contributed by atoms with van der Waals surface area (Å²) in [6.45, 7) is 3.38. The summed E-state index contributed by atoms with van der Waals surface area (Å²) in [6.07, 6.45) is 2.90. The number of sulfonamides is 1. The number of rotatable bonds is 4. The molecule has 0 spiro atoms. The molecular formula is C11H19N5O3S2. The predicted molar refractivity (Wildman–Crippen MR) is 80.8 cm³/mol. The number of anilines is 1. The van der Waals surface area contributed by atoms with E-state index in [0.717, 1.165) is 24.1 Å². The first-order chi connectivity index (χ1) is 9.83. The van der Waals surface area contributed by atoms with E-state index in [9.17, 15) is 13.2 Å². The van der Waals surface area contributed by atoms with E-state index in [2.05, 4.69) is 20.2 Å². The minimum absolute atomic E-state index is 0.135. The highest BCUT2D eigenvalue weighted by atomic mass is 32.2. The molecule has 21 heavy (non-hydrogen) atoms. The molecule has 10 heteroatoms. The summed E-state index contributed by atoms with van der Waals surface area (Å²) in [5.74, 6) is 0.135. The van der Waals surface area contributed by atoms with Crippen molar-refractivity contribution in [1.82, 2.24) is 19.8 Å². The maximum atomic E-state index is 12.1. The molecule has 0 saturated carbocycles. The van der Waals surface area contributed by atoms with E-state index < -0.39 is 10.0 Å². The first kappa shape index (κ1) is 16.1. The molecule has 1 saturated heterocycles. The van der Waals surface area contributed by atoms with Gasteiger partial charge in [0.25, 0.3) is 0 Å². The second kappa shape index (κ2) is 6.67. The Kier molecular flexibility index (Phi) is 5.12. The molecule has 8 nitrogen and oxygen atoms in total. The number of urea groups is 1. The third-order valence-electron chi connectivity index (χ3n) is 3.18. The van der Waals surface area contributed by atoms with E-state index in [4.69, 9.17) is 0 Å². The van der Waals surface area contributed by atoms with Crippen LogP contribution in [0.1, 0.15) is 17.8 Å². The van der Waals surface area contributed by atoms with Crippen LogP contribution in [0.15, 0.2) is 0 Å². The maximum absolute atomic E-state index is 12.1. The van der Waals surface area contributed by atoms with Crippen LogP contribution in [0.5, 0.6) is 0 Å². The van der Waals surface area contributed by atoms with Crippen LogP contribution in [0.4, 0.5) is 9.93 Å². The fourth-order valence-electron chi connectivity index (χ4n) is 2.20. The Labute approximate surface area is 128 Å². The minimum atomic E-state index is -3.19. The van der Waals surface area contributed by atoms with Crippen LogP contribution >= 0.6 is 11.3 Å². The number of amides is 2. The van der Waals surface area contributed by atoms with Crippen molar-refractivity contribution in [2.24, 2.45) is 5.92 Å². The average molecular weight is 333 g/mol. The van der Waals surface area contributed by atoms with Gasteiger partial charge < -0.3 is 4.90 Å². The number of carbonyl (C=O) groups excluding carboxylic acids is 1. The molecule has 1 unspecified atom stereocenters. The number of nitrogens with zero attached hydrogens (tertiary/aromatic N) is 3. The molecule has 2 N–H and O–H groups in total. The Bertz CT molecular complexity index is 601. The van der Waals surface area contributed by atoms with Gasteiger partial charge in [-0.25, -0.2) is 17.9 Å². The number of piperidine rings is 1. The summed E-state index contributed by atoms with van der Waals surface area (Å²) >= 11 is 1.32. The predicted octanol–water partition coefficient (Wildman–Crippen LogP) is 0.640. The van der Waals surface area contributed by atoms with Gasteiger partial charge in [-0.15, -0.1) is 10.2 Å². The van der Waals surface area contributed by atoms with Crippen LogP contribution in [0.25, 0.3) is 0 Å². The highest BCUT2D eigenvalue weighted by molar-refractivity contribution is 7.88. The molecule has 2 rings (SSSR count). The molecule has 1 aliphatic rings. The number of likely N-dealkylation sites (tertiary alicyclic amines) is 1. The van der Waals surface area contributed by atoms with E-state index in [1.807, 2.05) is 6.92 Å². The molecule has 2 heterocycles. The number of aryl methyl sites for hydroxylation is 1. The van der Waals surface area contributed by atoms with E-state index in [-0.39, 0.29) is 11.9 Å². The largest absolute Gasteiger partial charge is 0.324 e. The summed E-state index contributed by atoms with van der Waals surface area (Å²) in [5.41, 5.74) is 0. The standard InChI is InChI=1S/C11H19N5O3S2/c1-8-14-15-10(20-8)13-11(17)16-5-3-4-9(7-16)6-12-21(2,18)19/h9,12H,3-7H2,1-2H3,(H,13,15,17). The molecule has 0 aromatic carbocycles. The molecule has 1 aromatic heterocycles. The first-order valence-electron chi connectivity index (χ1n) is 6.64. The average Bonchev–Trinajstić information content (AvgIpc) is 2.81. The molecule has 1 aromatic rings. The highest BCUT2D eigenvalue weighted by Gasteiger charge is 2.24. The molecular weight excluding hydrogens is 314 g/mol. The topological polar surface area (TPSA) is 104 Å². The van der Waals surface area contributed by atoms with E-state index >= 15 is 0 Å². The third-order valence-corrected chi connectivity index (χ3v) is 4.63. The number of nitrogens with one attached hydrogen (secondary N) is 2. The Morgan fingerprint density at radius 2 is 2.24 bits per heavy atom. The van der Waals surface area contributed by atoms with Crippen molar-refractivity contribution in [2.45, 2.75) is 19.8 Å². The lowest BCUT2D eigenvalue weighted by atomic mass is 9.99. The maximum Gasteiger partial charge on any atom is 0.323 e. The lowest BCUT2D eigenvalue weighted by molar-refractivity contribution is 0.178. The molecule has 1 fully saturated rings. The van der Waals surface area contributed by atoms with Gasteiger partial charge in [0, 0.05) is 19.6 Å². The fraction of sp³-hybridized carbons (Fsp3) is 0.727. The van der Waals surface area contributed by atoms with Crippen molar-refractivity contribution in [3.05, 3.63) is 5.01 Å². The molecule has 2 amide bonds. The van der Waals surface area contributed by atoms with Crippen LogP contribution in [0.2, 0.25) is 0 Å². The second-order valence-corrected chi connectivity index (χ2v) is 8.15. The van der Waals surface area contributed by atoms with Gasteiger partial charge in [-0.1, -0.05) is 11.3 Å². The molecule has 0 radical (unpaired) electrons. The van der Waals surface area contributed by atoms with Crippen molar-refractivity contribution in [3.63, 3.8) is 0 Å². The van der Waals surface area contributed by atoms with Gasteiger partial charge >= 0.3 is 6.03 Å². The second-order valence-electron chi connectivity index (χ2n) is 5.13. The summed E-state index contributed by atoms with van der Waals surface area (Å²) in [6, 6.07) is -0.213. The zero-order chi connectivity index (χ0) is 15.5. The summed E-state index contributed by atoms with van der Waals surface area (Å²) < 4.78 is 24.7. The van der Waals surface area contributed by atoms with Crippen molar-refractivity contribution in [1.29, 1.82) is 0 Å². The van der Waals surface area contributed by atoms with Crippen LogP contribution in [-0.4, -0.2) is 55.4 Å². The summed E-state index contributed by atoms with van der Waals surface area (Å²) in [4.78, 5) is 13.8. The van der Waals surface area contributed by atoms with Gasteiger partial charge in [0.2, 0.25) is 15.2 Å². The highest BCUT2D eigenvalue weighted by Crippen LogP contribution is 2.19. The van der Waals surface area contributed by atoms with Crippen LogP contribution in [0, 0.1) is 12.8 Å². The summed E-state index contributed by atoms with van der Waals surface area (Å²) in [5, 5.41) is 11.7. The molecule has 0 bridgehead atoms. The zero-order valence-corrected chi connectivity index (χ0v) is 13.6. The molecule has 118 valence electrons. The number of hydrogen-bond donors (Lipinski definition) is 2. The Balaban J connectivity index is 1.86. The summed E-state index contributed by atoms with van der Waals surface area (Å²) in [7, 11) is -3.19. The minimum Gasteiger partial charge on any atom is -0.324 e. The monoisotopic (exact) mass is 333 g/mol. The first-order valence-corrected chi connectivity index (χ1v) is 9.35. The van der Waals surface area contributed by atoms with Crippen molar-refractivity contribution in [2.75, 3.05) is 31.2 Å². The Hall–Kier alpha value is -1.26. The van der Waals surface area contributed by atoms with Crippen molar-refractivity contribution < 1.29 is 13.2 Å². The lowest BCUT2D eigenvalue weighted by Gasteiger charge is -2.32. The normalized spacial score (nSPS) is 19.5. The van der Waals surface area contributed by atoms with Gasteiger partial charge in [-0.3, -0.25) is 5.32 Å². The van der Waals surface area contributed by atoms with Gasteiger partial charge in [-0.2, -0.15) is 0 Å². The molecule has 0 aliphatic carbocycles.